The third-order valence-corrected chi connectivity index (χ3v) is 3.89. The van der Waals surface area contributed by atoms with Crippen LogP contribution in [0, 0.1) is 0 Å². The van der Waals surface area contributed by atoms with E-state index in [2.05, 4.69) is 20.3 Å². The number of phenolic OH excluding ortho intramolecular Hbond substituents is 2. The molecule has 2 rings (SSSR count). The van der Waals surface area contributed by atoms with E-state index in [-0.39, 0.29) is 17.2 Å². The molecule has 2 aromatic rings. The topological polar surface area (TPSA) is 94.8 Å². The van der Waals surface area contributed by atoms with Gasteiger partial charge in [-0.05, 0) is 0 Å². The van der Waals surface area contributed by atoms with Crippen LogP contribution in [0.15, 0.2) is 47.8 Å². The summed E-state index contributed by atoms with van der Waals surface area (Å²) in [7, 11) is 0. The molecular weight excluding hydrogens is 391 g/mol. The summed E-state index contributed by atoms with van der Waals surface area (Å²) in [5.41, 5.74) is 9.66. The van der Waals surface area contributed by atoms with Gasteiger partial charge in [0.25, 0.3) is 0 Å². The molecule has 0 heterocycles. The number of rotatable bonds is 8. The number of ether oxygens (including phenoxy) is 2. The van der Waals surface area contributed by atoms with Crippen LogP contribution in [0.4, 0.5) is 0 Å². The van der Waals surface area contributed by atoms with E-state index in [4.69, 9.17) is 15.2 Å². The maximum absolute atomic E-state index is 10.1. The minimum atomic E-state index is 0.00696. The van der Waals surface area contributed by atoms with Crippen LogP contribution >= 0.6 is 0 Å². The number of hydrogen-bond donors (Lipinski definition) is 3. The van der Waals surface area contributed by atoms with Crippen LogP contribution in [0.5, 0.6) is 23.0 Å². The van der Waals surface area contributed by atoms with Gasteiger partial charge < -0.3 is 0 Å². The fourth-order valence-electron chi connectivity index (χ4n) is 2.34. The van der Waals surface area contributed by atoms with Crippen molar-refractivity contribution in [3.63, 3.8) is 0 Å². The first kappa shape index (κ1) is 20.5. The summed E-state index contributed by atoms with van der Waals surface area (Å²) in [4.78, 5) is 0. The van der Waals surface area contributed by atoms with Crippen LogP contribution in [0.2, 0.25) is 0 Å². The Bertz CT molecular complexity index is 850. The van der Waals surface area contributed by atoms with E-state index >= 15 is 0 Å². The van der Waals surface area contributed by atoms with Crippen LogP contribution in [0.25, 0.3) is 12.2 Å². The Morgan fingerprint density at radius 1 is 0.963 bits per heavy atom. The minimum absolute atomic E-state index is 0.00696. The number of phenols is 2. The van der Waals surface area contributed by atoms with Crippen molar-refractivity contribution < 1.29 is 35.6 Å². The van der Waals surface area contributed by atoms with Gasteiger partial charge in [-0.25, -0.2) is 0 Å². The van der Waals surface area contributed by atoms with Gasteiger partial charge in [0.05, 0.1) is 0 Å². The van der Waals surface area contributed by atoms with Crippen molar-refractivity contribution in [2.45, 2.75) is 13.8 Å². The third-order valence-electron chi connectivity index (χ3n) is 3.61. The van der Waals surface area contributed by atoms with Gasteiger partial charge >= 0.3 is 167 Å². The van der Waals surface area contributed by atoms with Gasteiger partial charge in [-0.3, -0.25) is 0 Å². The Labute approximate surface area is 167 Å². The summed E-state index contributed by atoms with van der Waals surface area (Å²) in [5.74, 6) is 1.15. The van der Waals surface area contributed by atoms with E-state index in [1.807, 2.05) is 13.8 Å². The number of benzene rings is 2. The fourth-order valence-corrected chi connectivity index (χ4v) is 2.55. The van der Waals surface area contributed by atoms with Crippen LogP contribution in [-0.4, -0.2) is 23.4 Å². The average Bonchev–Trinajstić information content (AvgIpc) is 2.64. The Kier molecular flexibility index (Phi) is 7.45. The molecule has 4 N–H and O–H groups in total. The molecule has 0 aliphatic rings. The second-order valence-corrected chi connectivity index (χ2v) is 5.77. The molecule has 2 aromatic carbocycles. The Morgan fingerprint density at radius 2 is 1.44 bits per heavy atom. The van der Waals surface area contributed by atoms with Crippen molar-refractivity contribution >= 4 is 12.2 Å². The van der Waals surface area contributed by atoms with Crippen molar-refractivity contribution in [2.75, 3.05) is 13.2 Å². The van der Waals surface area contributed by atoms with E-state index in [0.717, 1.165) is 0 Å². The summed E-state index contributed by atoms with van der Waals surface area (Å²) in [5, 5.41) is 20.3. The Hall–Kier alpha value is -2.77. The molecule has 0 aromatic heterocycles. The standard InChI is InChI=1S/C20H22N2O4.Co/c1-3-25-15-7-5-13(19(23)11-15)9-17(21)18(22)10-14-6-8-16(26-4-2)12-20(14)24;/h5-12,21-24H,3-4H2,1-2H3;/q-1;+1. The predicted molar refractivity (Wildman–Crippen MR) is 101 cm³/mol. The average molecular weight is 413 g/mol. The molecule has 0 atom stereocenters. The molecule has 0 aliphatic carbocycles. The predicted octanol–water partition coefficient (Wildman–Crippen LogP) is 3.61. The molecular formula is C20H22CoN2O4. The van der Waals surface area contributed by atoms with E-state index in [1.54, 1.807) is 30.3 Å². The van der Waals surface area contributed by atoms with Crippen LogP contribution in [-0.2, 0) is 16.0 Å². The van der Waals surface area contributed by atoms with Crippen molar-refractivity contribution in [3.8, 4) is 23.0 Å². The molecule has 0 spiro atoms. The number of nitrogens with one attached hydrogen (secondary N) is 2. The summed E-state index contributed by atoms with van der Waals surface area (Å²) in [6.07, 6.45) is 3.07. The Morgan fingerprint density at radius 3 is 1.85 bits per heavy atom. The van der Waals surface area contributed by atoms with Gasteiger partial charge in [0.2, 0.25) is 0 Å². The van der Waals surface area contributed by atoms with Crippen molar-refractivity contribution in [1.29, 1.82) is 0 Å². The van der Waals surface area contributed by atoms with Crippen LogP contribution in [0.1, 0.15) is 25.0 Å². The summed E-state index contributed by atoms with van der Waals surface area (Å²) in [6, 6.07) is 9.81. The molecule has 0 saturated heterocycles. The Balaban J connectivity index is 2.30. The monoisotopic (exact) mass is 413 g/mol. The van der Waals surface area contributed by atoms with Gasteiger partial charge in [0, 0.05) is 0 Å². The molecule has 27 heavy (non-hydrogen) atoms. The zero-order valence-electron chi connectivity index (χ0n) is 15.1. The second-order valence-electron chi connectivity index (χ2n) is 5.51. The fraction of sp³-hybridized carbons (Fsp3) is 0.200. The molecule has 0 bridgehead atoms. The van der Waals surface area contributed by atoms with Gasteiger partial charge in [-0.1, -0.05) is 0 Å². The zero-order chi connectivity index (χ0) is 19.8. The first-order chi connectivity index (χ1) is 13.0. The molecule has 0 aliphatic heterocycles. The summed E-state index contributed by atoms with van der Waals surface area (Å²) in [6.45, 7) is 4.72. The molecule has 7 heteroatoms. The van der Waals surface area contributed by atoms with Gasteiger partial charge in [0.15, 0.2) is 0 Å². The summed E-state index contributed by atoms with van der Waals surface area (Å²) < 4.78 is 13.3. The summed E-state index contributed by atoms with van der Waals surface area (Å²) >= 11 is 4.10. The van der Waals surface area contributed by atoms with Gasteiger partial charge in [-0.15, -0.1) is 0 Å². The molecule has 0 fully saturated rings. The van der Waals surface area contributed by atoms with Crippen molar-refractivity contribution in [3.05, 3.63) is 58.9 Å². The first-order valence-corrected chi connectivity index (χ1v) is 8.91. The molecule has 1 radical (unpaired) electrons. The quantitative estimate of drug-likeness (QED) is 0.575. The first-order valence-electron chi connectivity index (χ1n) is 8.39. The number of aromatic hydroxyl groups is 2. The van der Waals surface area contributed by atoms with E-state index in [1.165, 1.54) is 18.2 Å². The van der Waals surface area contributed by atoms with E-state index in [0.29, 0.717) is 41.5 Å². The molecule has 0 amide bonds. The van der Waals surface area contributed by atoms with Crippen LogP contribution < -0.4 is 19.6 Å². The number of hydrogen-bond acceptors (Lipinski definition) is 5. The molecule has 6 nitrogen and oxygen atoms in total. The third kappa shape index (κ3) is 5.60. The zero-order valence-corrected chi connectivity index (χ0v) is 16.1. The molecule has 0 saturated carbocycles. The van der Waals surface area contributed by atoms with Gasteiger partial charge in [-0.2, -0.15) is 0 Å². The van der Waals surface area contributed by atoms with Crippen molar-refractivity contribution in [2.24, 2.45) is 0 Å². The second kappa shape index (κ2) is 9.79. The van der Waals surface area contributed by atoms with E-state index < -0.39 is 0 Å². The normalized spacial score (nSPS) is 12.0. The van der Waals surface area contributed by atoms with Crippen molar-refractivity contribution in [1.82, 2.24) is 10.1 Å². The SMILES string of the molecule is CCOc1ccc(C=C([NH])C(=Cc2ccc(OCC)cc2O)[NH][Co])c(O)c1. The molecule has 145 valence electrons. The maximum atomic E-state index is 10.1. The van der Waals surface area contributed by atoms with Crippen LogP contribution in [0.3, 0.4) is 0 Å². The molecule has 0 unspecified atom stereocenters. The van der Waals surface area contributed by atoms with Gasteiger partial charge in [0.1, 0.15) is 0 Å². The van der Waals surface area contributed by atoms with E-state index in [9.17, 15) is 10.2 Å².